The average molecular weight is 445 g/mol. The van der Waals surface area contributed by atoms with E-state index in [1.807, 2.05) is 0 Å². The van der Waals surface area contributed by atoms with Gasteiger partial charge in [-0.15, -0.1) is 13.2 Å². The van der Waals surface area contributed by atoms with Crippen LogP contribution in [0.4, 0.5) is 13.2 Å². The predicted octanol–water partition coefficient (Wildman–Crippen LogP) is 5.95. The van der Waals surface area contributed by atoms with Crippen molar-refractivity contribution in [1.29, 1.82) is 0 Å². The third-order valence-corrected chi connectivity index (χ3v) is 4.86. The Bertz CT molecular complexity index is 674. The van der Waals surface area contributed by atoms with Gasteiger partial charge < -0.3 is 19.4 Å². The zero-order valence-corrected chi connectivity index (χ0v) is 18.1. The summed E-state index contributed by atoms with van der Waals surface area (Å²) in [6.07, 6.45) is 8.70. The summed E-state index contributed by atoms with van der Waals surface area (Å²) >= 11 is 0. The Balaban J connectivity index is 2.28. The molecule has 0 amide bonds. The summed E-state index contributed by atoms with van der Waals surface area (Å²) in [5.74, 6) is -3.57. The minimum absolute atomic E-state index is 0.0499. The number of benzene rings is 1. The van der Waals surface area contributed by atoms with Crippen molar-refractivity contribution in [3.05, 3.63) is 23.8 Å². The Morgan fingerprint density at radius 2 is 1.39 bits per heavy atom. The Kier molecular flexibility index (Phi) is 12.7. The van der Waals surface area contributed by atoms with Gasteiger partial charge in [-0.3, -0.25) is 4.79 Å². The molecular formula is C23H32F3O5-. The Hall–Kier alpha value is -2.25. The van der Waals surface area contributed by atoms with E-state index < -0.39 is 35.4 Å². The van der Waals surface area contributed by atoms with Crippen molar-refractivity contribution in [3.8, 4) is 11.5 Å². The van der Waals surface area contributed by atoms with Gasteiger partial charge in [0.15, 0.2) is 0 Å². The molecular weight excluding hydrogens is 413 g/mol. The third-order valence-electron chi connectivity index (χ3n) is 4.86. The maximum atomic E-state index is 12.3. The smallest absolute Gasteiger partial charge is 0.545 e. The number of alkyl halides is 3. The maximum absolute atomic E-state index is 12.3. The molecule has 0 spiro atoms. The summed E-state index contributed by atoms with van der Waals surface area (Å²) in [6.45, 7) is 2.20. The van der Waals surface area contributed by atoms with Crippen LogP contribution >= 0.6 is 0 Å². The number of carbonyl (C=O) groups is 2. The van der Waals surface area contributed by atoms with Gasteiger partial charge in [0.05, 0.1) is 5.97 Å². The summed E-state index contributed by atoms with van der Waals surface area (Å²) in [4.78, 5) is 23.1. The number of hydrogen-bond donors (Lipinski definition) is 0. The number of carboxylic acid groups (broad SMARTS) is 1. The summed E-state index contributed by atoms with van der Waals surface area (Å²) in [5.41, 5.74) is -0.516. The van der Waals surface area contributed by atoms with Gasteiger partial charge in [-0.1, -0.05) is 77.6 Å². The van der Waals surface area contributed by atoms with E-state index in [2.05, 4.69) is 11.7 Å². The van der Waals surface area contributed by atoms with Crippen LogP contribution in [0.25, 0.3) is 0 Å². The SMILES string of the molecule is CCCCCCCCCCCCCCC(=O)Oc1cc(OC(F)(F)F)ccc1C(=O)[O-]. The third kappa shape index (κ3) is 12.9. The maximum Gasteiger partial charge on any atom is 0.573 e. The van der Waals surface area contributed by atoms with E-state index in [0.29, 0.717) is 6.42 Å². The zero-order chi connectivity index (χ0) is 23.1. The van der Waals surface area contributed by atoms with Gasteiger partial charge in [0, 0.05) is 18.1 Å². The molecule has 1 aromatic rings. The number of rotatable bonds is 16. The highest BCUT2D eigenvalue weighted by molar-refractivity contribution is 5.90. The van der Waals surface area contributed by atoms with Crippen LogP contribution in [0.5, 0.6) is 11.5 Å². The second-order valence-electron chi connectivity index (χ2n) is 7.61. The molecule has 1 rings (SSSR count). The van der Waals surface area contributed by atoms with Gasteiger partial charge in [0.25, 0.3) is 0 Å². The number of halogens is 3. The first kappa shape index (κ1) is 26.8. The van der Waals surface area contributed by atoms with Crippen molar-refractivity contribution in [3.63, 3.8) is 0 Å². The number of esters is 1. The Morgan fingerprint density at radius 1 is 0.871 bits per heavy atom. The molecule has 0 aliphatic heterocycles. The van der Waals surface area contributed by atoms with Crippen molar-refractivity contribution in [2.24, 2.45) is 0 Å². The van der Waals surface area contributed by atoms with Crippen LogP contribution in [0.2, 0.25) is 0 Å². The molecule has 0 aromatic heterocycles. The molecule has 0 atom stereocenters. The van der Waals surface area contributed by atoms with Crippen LogP contribution in [0, 0.1) is 0 Å². The molecule has 8 heteroatoms. The minimum atomic E-state index is -4.95. The van der Waals surface area contributed by atoms with Crippen LogP contribution in [0.15, 0.2) is 18.2 Å². The Labute approximate surface area is 181 Å². The van der Waals surface area contributed by atoms with Crippen molar-refractivity contribution in [2.45, 2.75) is 96.8 Å². The molecule has 1 aromatic carbocycles. The second kappa shape index (κ2) is 14.7. The van der Waals surface area contributed by atoms with Gasteiger partial charge in [0.1, 0.15) is 11.5 Å². The van der Waals surface area contributed by atoms with Crippen LogP contribution in [-0.2, 0) is 4.79 Å². The van der Waals surface area contributed by atoms with Crippen molar-refractivity contribution < 1.29 is 37.3 Å². The van der Waals surface area contributed by atoms with Crippen LogP contribution in [0.1, 0.15) is 101 Å². The topological polar surface area (TPSA) is 75.7 Å². The lowest BCUT2D eigenvalue weighted by molar-refractivity contribution is -0.274. The first-order valence-corrected chi connectivity index (χ1v) is 11.0. The first-order chi connectivity index (χ1) is 14.7. The largest absolute Gasteiger partial charge is 0.573 e. The van der Waals surface area contributed by atoms with E-state index in [1.54, 1.807) is 0 Å². The highest BCUT2D eigenvalue weighted by Gasteiger charge is 2.31. The number of carbonyl (C=O) groups excluding carboxylic acids is 2. The van der Waals surface area contributed by atoms with E-state index in [0.717, 1.165) is 37.5 Å². The van der Waals surface area contributed by atoms with Crippen molar-refractivity contribution >= 4 is 11.9 Å². The summed E-state index contributed by atoms with van der Waals surface area (Å²) in [6, 6.07) is 2.39. The molecule has 31 heavy (non-hydrogen) atoms. The molecule has 0 saturated heterocycles. The fourth-order valence-electron chi connectivity index (χ4n) is 3.24. The summed E-state index contributed by atoms with van der Waals surface area (Å²) < 4.78 is 45.7. The molecule has 0 radical (unpaired) electrons. The molecule has 0 aliphatic rings. The number of ether oxygens (including phenoxy) is 2. The van der Waals surface area contributed by atoms with Crippen LogP contribution in [0.3, 0.4) is 0 Å². The number of carboxylic acids is 1. The highest BCUT2D eigenvalue weighted by Crippen LogP contribution is 2.29. The van der Waals surface area contributed by atoms with Crippen LogP contribution < -0.4 is 14.6 Å². The number of aromatic carboxylic acids is 1. The van der Waals surface area contributed by atoms with Gasteiger partial charge in [-0.2, -0.15) is 0 Å². The van der Waals surface area contributed by atoms with E-state index in [9.17, 15) is 27.9 Å². The lowest BCUT2D eigenvalue weighted by atomic mass is 10.0. The molecule has 0 saturated carbocycles. The zero-order valence-electron chi connectivity index (χ0n) is 18.1. The van der Waals surface area contributed by atoms with E-state index in [1.165, 1.54) is 51.4 Å². The van der Waals surface area contributed by atoms with Crippen LogP contribution in [-0.4, -0.2) is 18.3 Å². The Morgan fingerprint density at radius 3 is 1.87 bits per heavy atom. The van der Waals surface area contributed by atoms with Crippen molar-refractivity contribution in [1.82, 2.24) is 0 Å². The molecule has 0 aliphatic carbocycles. The second-order valence-corrected chi connectivity index (χ2v) is 7.61. The van der Waals surface area contributed by atoms with Gasteiger partial charge >= 0.3 is 12.3 Å². The van der Waals surface area contributed by atoms with E-state index >= 15 is 0 Å². The highest BCUT2D eigenvalue weighted by atomic mass is 19.4. The molecule has 0 fully saturated rings. The fraction of sp³-hybridized carbons (Fsp3) is 0.652. The quantitative estimate of drug-likeness (QED) is 0.179. The van der Waals surface area contributed by atoms with Gasteiger partial charge in [-0.05, 0) is 18.6 Å². The molecule has 176 valence electrons. The average Bonchev–Trinajstić information content (AvgIpc) is 2.67. The molecule has 5 nitrogen and oxygen atoms in total. The molecule has 0 heterocycles. The number of hydrogen-bond acceptors (Lipinski definition) is 5. The number of unbranched alkanes of at least 4 members (excludes halogenated alkanes) is 11. The molecule has 0 bridgehead atoms. The predicted molar refractivity (Wildman–Crippen MR) is 109 cm³/mol. The van der Waals surface area contributed by atoms with Gasteiger partial charge in [-0.25, -0.2) is 0 Å². The first-order valence-electron chi connectivity index (χ1n) is 11.0. The molecule has 0 unspecified atom stereocenters. The lowest BCUT2D eigenvalue weighted by Gasteiger charge is -2.14. The monoisotopic (exact) mass is 445 g/mol. The minimum Gasteiger partial charge on any atom is -0.545 e. The summed E-state index contributed by atoms with van der Waals surface area (Å²) in [5, 5.41) is 11.1. The molecule has 0 N–H and O–H groups in total. The van der Waals surface area contributed by atoms with E-state index in [4.69, 9.17) is 4.74 Å². The van der Waals surface area contributed by atoms with Crippen molar-refractivity contribution in [2.75, 3.05) is 0 Å². The summed E-state index contributed by atoms with van der Waals surface area (Å²) in [7, 11) is 0. The standard InChI is InChI=1S/C23H33F3O5/c1-2-3-4-5-6-7-8-9-10-11-12-13-14-21(27)30-20-17-18(31-23(24,25)26)15-16-19(20)22(28)29/h15-17H,2-14H2,1H3,(H,28,29)/p-1. The van der Waals surface area contributed by atoms with Gasteiger partial charge in [0.2, 0.25) is 0 Å². The normalized spacial score (nSPS) is 11.4. The lowest BCUT2D eigenvalue weighted by Crippen LogP contribution is -2.24. The van der Waals surface area contributed by atoms with E-state index in [-0.39, 0.29) is 6.42 Å². The fourth-order valence-corrected chi connectivity index (χ4v) is 3.24.